The minimum absolute atomic E-state index is 0. The molecular formula is C23H26F3N4U-. The van der Waals surface area contributed by atoms with Crippen LogP contribution in [0.5, 0.6) is 0 Å². The number of benzene rings is 1. The summed E-state index contributed by atoms with van der Waals surface area (Å²) in [5, 5.41) is 7.14. The number of rotatable bonds is 3. The summed E-state index contributed by atoms with van der Waals surface area (Å²) in [6.45, 7) is 2.71. The van der Waals surface area contributed by atoms with E-state index in [1.165, 1.54) is 6.07 Å². The molecule has 2 atom stereocenters. The second kappa shape index (κ2) is 10.5. The van der Waals surface area contributed by atoms with E-state index in [0.717, 1.165) is 61.3 Å². The first kappa shape index (κ1) is 24.3. The van der Waals surface area contributed by atoms with Crippen molar-refractivity contribution in [2.45, 2.75) is 37.5 Å². The number of nitrogens with zero attached hydrogens (tertiary/aromatic N) is 2. The van der Waals surface area contributed by atoms with Crippen molar-refractivity contribution in [1.29, 1.82) is 0 Å². The zero-order valence-electron chi connectivity index (χ0n) is 17.5. The molecule has 4 rings (SSSR count). The molecular weight excluding hydrogens is 627 g/mol. The second-order valence-corrected chi connectivity index (χ2v) is 7.98. The molecule has 2 N–H and O–H groups in total. The minimum atomic E-state index is -4.36. The van der Waals surface area contributed by atoms with Gasteiger partial charge in [-0.3, -0.25) is 9.88 Å². The van der Waals surface area contributed by atoms with E-state index in [1.807, 2.05) is 19.3 Å². The van der Waals surface area contributed by atoms with Crippen molar-refractivity contribution in [2.24, 2.45) is 0 Å². The molecule has 4 nitrogen and oxygen atoms in total. The molecule has 164 valence electrons. The Balaban J connectivity index is 0.00000272. The molecule has 3 heterocycles. The number of hydrogen-bond donors (Lipinski definition) is 2. The van der Waals surface area contributed by atoms with Crippen LogP contribution >= 0.6 is 0 Å². The summed E-state index contributed by atoms with van der Waals surface area (Å²) >= 11 is 0. The number of likely N-dealkylation sites (N-methyl/N-ethyl adjacent to an activating group) is 1. The second-order valence-electron chi connectivity index (χ2n) is 7.98. The molecule has 0 radical (unpaired) electrons. The van der Waals surface area contributed by atoms with Crippen molar-refractivity contribution in [1.82, 2.24) is 20.5 Å². The predicted octanol–water partition coefficient (Wildman–Crippen LogP) is 4.01. The van der Waals surface area contributed by atoms with Crippen molar-refractivity contribution in [2.75, 3.05) is 26.7 Å². The molecule has 0 saturated carbocycles. The van der Waals surface area contributed by atoms with Gasteiger partial charge in [-0.1, -0.05) is 5.56 Å². The number of alkyl halides is 3. The SMILES string of the molecule is CN1CC=C(NC2CCCNCC2)c2cnccc2C1c1[c-]cc(C(F)(F)F)cc1.[U]. The summed E-state index contributed by atoms with van der Waals surface area (Å²) in [6.07, 6.45) is 4.67. The van der Waals surface area contributed by atoms with E-state index in [9.17, 15) is 13.2 Å². The van der Waals surface area contributed by atoms with Crippen LogP contribution in [0.2, 0.25) is 0 Å². The summed E-state index contributed by atoms with van der Waals surface area (Å²) in [5.41, 5.74) is 3.10. The maximum atomic E-state index is 13.0. The number of nitrogens with one attached hydrogen (secondary N) is 2. The molecule has 0 aliphatic carbocycles. The van der Waals surface area contributed by atoms with E-state index in [4.69, 9.17) is 0 Å². The molecule has 0 bridgehead atoms. The van der Waals surface area contributed by atoms with Crippen LogP contribution in [-0.4, -0.2) is 42.6 Å². The van der Waals surface area contributed by atoms with Gasteiger partial charge in [0.25, 0.3) is 0 Å². The summed E-state index contributed by atoms with van der Waals surface area (Å²) in [7, 11) is 1.98. The summed E-state index contributed by atoms with van der Waals surface area (Å²) in [4.78, 5) is 6.46. The van der Waals surface area contributed by atoms with Gasteiger partial charge in [-0.05, 0) is 57.1 Å². The molecule has 2 aliphatic rings. The van der Waals surface area contributed by atoms with Gasteiger partial charge in [0.15, 0.2) is 0 Å². The van der Waals surface area contributed by atoms with Crippen LogP contribution in [0.25, 0.3) is 5.70 Å². The van der Waals surface area contributed by atoms with Gasteiger partial charge in [0.2, 0.25) is 0 Å². The van der Waals surface area contributed by atoms with Crippen LogP contribution in [0.3, 0.4) is 0 Å². The Bertz CT molecular complexity index is 890. The average Bonchev–Trinajstić information content (AvgIpc) is 3.06. The number of fused-ring (bicyclic) bond motifs is 1. The van der Waals surface area contributed by atoms with Crippen molar-refractivity contribution >= 4 is 5.70 Å². The van der Waals surface area contributed by atoms with Crippen LogP contribution in [0.15, 0.2) is 42.7 Å². The maximum Gasteiger partial charge on any atom is 0.370 e. The van der Waals surface area contributed by atoms with Gasteiger partial charge < -0.3 is 10.6 Å². The van der Waals surface area contributed by atoms with Crippen LogP contribution in [-0.2, 0) is 6.18 Å². The minimum Gasteiger partial charge on any atom is -0.382 e. The van der Waals surface area contributed by atoms with E-state index in [-0.39, 0.29) is 37.2 Å². The van der Waals surface area contributed by atoms with E-state index in [1.54, 1.807) is 6.20 Å². The number of pyridine rings is 1. The number of hydrogen-bond acceptors (Lipinski definition) is 4. The molecule has 2 aliphatic heterocycles. The molecule has 31 heavy (non-hydrogen) atoms. The Morgan fingerprint density at radius 3 is 2.77 bits per heavy atom. The van der Waals surface area contributed by atoms with Crippen molar-refractivity contribution in [3.63, 3.8) is 0 Å². The normalized spacial score (nSPS) is 22.4. The molecule has 2 unspecified atom stereocenters. The quantitative estimate of drug-likeness (QED) is 0.492. The Hall–Kier alpha value is -1.33. The first-order valence-electron chi connectivity index (χ1n) is 10.3. The molecule has 0 spiro atoms. The van der Waals surface area contributed by atoms with Crippen LogP contribution in [0, 0.1) is 37.2 Å². The fraction of sp³-hybridized carbons (Fsp3) is 0.435. The van der Waals surface area contributed by atoms with Gasteiger partial charge in [-0.15, -0.1) is 5.56 Å². The monoisotopic (exact) mass is 653 g/mol. The molecule has 0 amide bonds. The van der Waals surface area contributed by atoms with Gasteiger partial charge in [0, 0.05) is 73.4 Å². The van der Waals surface area contributed by atoms with Crippen LogP contribution in [0.1, 0.15) is 47.6 Å². The van der Waals surface area contributed by atoms with Crippen LogP contribution in [0.4, 0.5) is 13.2 Å². The Labute approximate surface area is 205 Å². The molecule has 8 heteroatoms. The van der Waals surface area contributed by atoms with Crippen LogP contribution < -0.4 is 10.6 Å². The van der Waals surface area contributed by atoms with E-state index in [0.29, 0.717) is 18.2 Å². The van der Waals surface area contributed by atoms with E-state index in [2.05, 4.69) is 32.7 Å². The summed E-state index contributed by atoms with van der Waals surface area (Å²) in [5.74, 6) is 0. The third-order valence-electron chi connectivity index (χ3n) is 5.86. The van der Waals surface area contributed by atoms with Crippen molar-refractivity contribution < 1.29 is 44.3 Å². The third-order valence-corrected chi connectivity index (χ3v) is 5.86. The molecule has 1 fully saturated rings. The smallest absolute Gasteiger partial charge is 0.370 e. The fourth-order valence-corrected chi connectivity index (χ4v) is 4.27. The molecule has 1 aromatic heterocycles. The molecule has 1 saturated heterocycles. The number of aromatic nitrogens is 1. The zero-order valence-corrected chi connectivity index (χ0v) is 21.6. The van der Waals surface area contributed by atoms with Crippen molar-refractivity contribution in [3.05, 3.63) is 71.1 Å². The molecule has 1 aromatic carbocycles. The summed E-state index contributed by atoms with van der Waals surface area (Å²) < 4.78 is 39.0. The Morgan fingerprint density at radius 2 is 2.03 bits per heavy atom. The van der Waals surface area contributed by atoms with Gasteiger partial charge in [-0.25, -0.2) is 0 Å². The van der Waals surface area contributed by atoms with Gasteiger partial charge in [0.1, 0.15) is 0 Å². The van der Waals surface area contributed by atoms with E-state index >= 15 is 0 Å². The topological polar surface area (TPSA) is 40.2 Å². The fourth-order valence-electron chi connectivity index (χ4n) is 4.27. The van der Waals surface area contributed by atoms with Gasteiger partial charge in [-0.2, -0.15) is 37.4 Å². The Kier molecular flexibility index (Phi) is 8.26. The molecule has 2 aromatic rings. The number of halogens is 3. The largest absolute Gasteiger partial charge is 0.382 e. The van der Waals surface area contributed by atoms with Gasteiger partial charge in [0.05, 0.1) is 0 Å². The van der Waals surface area contributed by atoms with Crippen molar-refractivity contribution in [3.8, 4) is 0 Å². The first-order chi connectivity index (χ1) is 14.4. The van der Waals surface area contributed by atoms with Gasteiger partial charge >= 0.3 is 6.18 Å². The Morgan fingerprint density at radius 1 is 1.19 bits per heavy atom. The predicted molar refractivity (Wildman–Crippen MR) is 111 cm³/mol. The summed E-state index contributed by atoms with van der Waals surface area (Å²) in [6, 6.07) is 8.74. The zero-order chi connectivity index (χ0) is 21.1. The van der Waals surface area contributed by atoms with E-state index < -0.39 is 11.7 Å². The maximum absolute atomic E-state index is 13.0. The average molecular weight is 654 g/mol. The standard InChI is InChI=1S/C23H26F3N4.U/c1-30-14-10-21(29-18-3-2-11-27-12-8-18)20-15-28-13-9-19(20)22(30)16-4-6-17(7-5-16)23(24,25)26;/h4,6-7,9-10,13,15,18,22,27,29H,2-3,8,11-12,14H2,1H3;/q-1;. The first-order valence-corrected chi connectivity index (χ1v) is 10.3. The third kappa shape index (κ3) is 5.73.